The Hall–Kier alpha value is -1.89. The van der Waals surface area contributed by atoms with Gasteiger partial charge in [-0.05, 0) is 19.3 Å². The number of aromatic nitrogens is 2. The number of fused-ring (bicyclic) bond motifs is 1. The molecule has 0 bridgehead atoms. The quantitative estimate of drug-likeness (QED) is 0.819. The van der Waals surface area contributed by atoms with E-state index < -0.39 is 0 Å². The van der Waals surface area contributed by atoms with Crippen molar-refractivity contribution in [1.29, 1.82) is 0 Å². The van der Waals surface area contributed by atoms with E-state index in [4.69, 9.17) is 10.1 Å². The number of nitrogens with zero attached hydrogens (tertiary/aromatic N) is 4. The molecule has 1 atom stereocenters. The Balaban J connectivity index is 1.99. The van der Waals surface area contributed by atoms with E-state index in [0.29, 0.717) is 18.5 Å². The summed E-state index contributed by atoms with van der Waals surface area (Å²) in [5.74, 6) is 1.50. The third-order valence-electron chi connectivity index (χ3n) is 5.28. The Bertz CT molecular complexity index is 603. The first-order valence-electron chi connectivity index (χ1n) is 9.41. The second-order valence-corrected chi connectivity index (χ2v) is 7.03. The van der Waals surface area contributed by atoms with Crippen molar-refractivity contribution in [1.82, 2.24) is 9.97 Å². The molecule has 138 valence electrons. The van der Waals surface area contributed by atoms with Crippen LogP contribution in [0.2, 0.25) is 0 Å². The van der Waals surface area contributed by atoms with Crippen LogP contribution in [0.5, 0.6) is 0 Å². The third kappa shape index (κ3) is 3.71. The van der Waals surface area contributed by atoms with Gasteiger partial charge in [-0.3, -0.25) is 4.79 Å². The van der Waals surface area contributed by atoms with Gasteiger partial charge in [0.1, 0.15) is 5.69 Å². The van der Waals surface area contributed by atoms with Crippen LogP contribution >= 0.6 is 0 Å². The number of rotatable bonds is 6. The fourth-order valence-electron chi connectivity index (χ4n) is 3.96. The van der Waals surface area contributed by atoms with Crippen molar-refractivity contribution in [3.05, 3.63) is 6.20 Å². The zero-order chi connectivity index (χ0) is 17.8. The van der Waals surface area contributed by atoms with Gasteiger partial charge in [-0.2, -0.15) is 4.98 Å². The zero-order valence-corrected chi connectivity index (χ0v) is 15.2. The van der Waals surface area contributed by atoms with Crippen molar-refractivity contribution in [3.8, 4) is 0 Å². The first-order chi connectivity index (χ1) is 12.2. The summed E-state index contributed by atoms with van der Waals surface area (Å²) in [5, 5.41) is 12.1. The molecule has 1 aliphatic heterocycles. The van der Waals surface area contributed by atoms with Crippen LogP contribution in [0.3, 0.4) is 0 Å². The molecule has 1 fully saturated rings. The number of nitrogens with one attached hydrogen (secondary N) is 1. The van der Waals surface area contributed by atoms with Gasteiger partial charge in [0.2, 0.25) is 11.9 Å². The molecule has 0 aromatic carbocycles. The van der Waals surface area contributed by atoms with Gasteiger partial charge in [0.05, 0.1) is 18.7 Å². The molecule has 0 radical (unpaired) electrons. The Morgan fingerprint density at radius 2 is 2.12 bits per heavy atom. The molecule has 1 aromatic rings. The third-order valence-corrected chi connectivity index (χ3v) is 5.28. The van der Waals surface area contributed by atoms with E-state index in [-0.39, 0.29) is 18.4 Å². The Morgan fingerprint density at radius 1 is 1.36 bits per heavy atom. The molecule has 2 N–H and O–H groups in total. The molecule has 2 aliphatic rings. The summed E-state index contributed by atoms with van der Waals surface area (Å²) >= 11 is 0. The monoisotopic (exact) mass is 347 g/mol. The summed E-state index contributed by atoms with van der Waals surface area (Å²) in [6.07, 6.45) is 8.39. The fraction of sp³-hybridized carbons (Fsp3) is 0.722. The van der Waals surface area contributed by atoms with Crippen LogP contribution < -0.4 is 15.1 Å². The first kappa shape index (κ1) is 17.9. The van der Waals surface area contributed by atoms with Crippen molar-refractivity contribution >= 4 is 23.4 Å². The zero-order valence-electron chi connectivity index (χ0n) is 15.2. The number of aliphatic hydroxyl groups is 1. The van der Waals surface area contributed by atoms with Gasteiger partial charge in [0, 0.05) is 26.2 Å². The maximum Gasteiger partial charge on any atom is 0.231 e. The lowest BCUT2D eigenvalue weighted by atomic mass is 10.0. The van der Waals surface area contributed by atoms with E-state index in [1.807, 2.05) is 7.05 Å². The van der Waals surface area contributed by atoms with Gasteiger partial charge < -0.3 is 20.2 Å². The Morgan fingerprint density at radius 3 is 2.80 bits per heavy atom. The van der Waals surface area contributed by atoms with Crippen molar-refractivity contribution in [2.75, 3.05) is 41.9 Å². The maximum atomic E-state index is 12.9. The summed E-state index contributed by atoms with van der Waals surface area (Å²) < 4.78 is 0. The summed E-state index contributed by atoms with van der Waals surface area (Å²) in [6.45, 7) is 3.30. The summed E-state index contributed by atoms with van der Waals surface area (Å²) in [5.41, 5.74) is 0.782. The molecule has 1 aromatic heterocycles. The van der Waals surface area contributed by atoms with Gasteiger partial charge in [-0.25, -0.2) is 4.98 Å². The summed E-state index contributed by atoms with van der Waals surface area (Å²) in [7, 11) is 1.83. The van der Waals surface area contributed by atoms with E-state index in [2.05, 4.69) is 22.1 Å². The molecular weight excluding hydrogens is 318 g/mol. The van der Waals surface area contributed by atoms with Crippen LogP contribution in [0.15, 0.2) is 6.20 Å². The summed E-state index contributed by atoms with van der Waals surface area (Å²) in [6, 6.07) is 0.443. The lowest BCUT2D eigenvalue weighted by Crippen LogP contribution is -2.40. The van der Waals surface area contributed by atoms with E-state index in [9.17, 15) is 4.79 Å². The van der Waals surface area contributed by atoms with Gasteiger partial charge in [-0.15, -0.1) is 0 Å². The molecular formula is C18H29N5O2. The standard InChI is InChI=1S/C18H29N5O2/c1-3-6-13-12-23(14-7-4-5-8-14)16-15(22(2)17(13)25)11-20-18(21-16)19-9-10-24/h11,13-14,24H,3-10,12H2,1-2H3,(H,19,20,21)/t13-/m0/s1. The molecule has 1 saturated carbocycles. The second kappa shape index (κ2) is 7.99. The van der Waals surface area contributed by atoms with Crippen LogP contribution in [-0.4, -0.2) is 53.8 Å². The molecule has 25 heavy (non-hydrogen) atoms. The number of aliphatic hydroxyl groups excluding tert-OH is 1. The molecule has 7 heteroatoms. The minimum absolute atomic E-state index is 0.00125. The highest BCUT2D eigenvalue weighted by molar-refractivity contribution is 5.98. The van der Waals surface area contributed by atoms with Crippen LogP contribution in [-0.2, 0) is 4.79 Å². The normalized spacial score (nSPS) is 21.4. The van der Waals surface area contributed by atoms with Crippen molar-refractivity contribution < 1.29 is 9.90 Å². The summed E-state index contributed by atoms with van der Waals surface area (Å²) in [4.78, 5) is 26.0. The minimum Gasteiger partial charge on any atom is -0.395 e. The number of carbonyl (C=O) groups is 1. The number of hydrogen-bond acceptors (Lipinski definition) is 6. The van der Waals surface area contributed by atoms with Gasteiger partial charge in [0.15, 0.2) is 5.82 Å². The molecule has 3 rings (SSSR count). The lowest BCUT2D eigenvalue weighted by Gasteiger charge is -2.31. The highest BCUT2D eigenvalue weighted by atomic mass is 16.3. The molecule has 2 heterocycles. The predicted molar refractivity (Wildman–Crippen MR) is 99.0 cm³/mol. The predicted octanol–water partition coefficient (Wildman–Crippen LogP) is 2.02. The SMILES string of the molecule is CCC[C@H]1CN(C2CCCC2)c2nc(NCCO)ncc2N(C)C1=O. The maximum absolute atomic E-state index is 12.9. The average Bonchev–Trinajstić information content (AvgIpc) is 3.13. The smallest absolute Gasteiger partial charge is 0.231 e. The van der Waals surface area contributed by atoms with Gasteiger partial charge >= 0.3 is 0 Å². The lowest BCUT2D eigenvalue weighted by molar-refractivity contribution is -0.121. The van der Waals surface area contributed by atoms with E-state index in [1.54, 1.807) is 11.1 Å². The van der Waals surface area contributed by atoms with Gasteiger partial charge in [0.25, 0.3) is 0 Å². The van der Waals surface area contributed by atoms with E-state index in [0.717, 1.165) is 43.7 Å². The highest BCUT2D eigenvalue weighted by Crippen LogP contribution is 2.37. The first-order valence-corrected chi connectivity index (χ1v) is 9.41. The fourth-order valence-corrected chi connectivity index (χ4v) is 3.96. The second-order valence-electron chi connectivity index (χ2n) is 7.03. The van der Waals surface area contributed by atoms with Crippen LogP contribution in [0, 0.1) is 5.92 Å². The Labute approximate surface area is 149 Å². The molecule has 0 spiro atoms. The van der Waals surface area contributed by atoms with E-state index in [1.165, 1.54) is 12.8 Å². The van der Waals surface area contributed by atoms with Crippen molar-refractivity contribution in [2.45, 2.75) is 51.5 Å². The topological polar surface area (TPSA) is 81.6 Å². The Kier molecular flexibility index (Phi) is 5.73. The molecule has 7 nitrogen and oxygen atoms in total. The van der Waals surface area contributed by atoms with Crippen molar-refractivity contribution in [3.63, 3.8) is 0 Å². The molecule has 1 amide bonds. The number of amides is 1. The van der Waals surface area contributed by atoms with E-state index >= 15 is 0 Å². The largest absolute Gasteiger partial charge is 0.395 e. The minimum atomic E-state index is -0.00125. The van der Waals surface area contributed by atoms with Crippen molar-refractivity contribution in [2.24, 2.45) is 5.92 Å². The van der Waals surface area contributed by atoms with Crippen LogP contribution in [0.1, 0.15) is 45.4 Å². The number of hydrogen-bond donors (Lipinski definition) is 2. The molecule has 1 aliphatic carbocycles. The molecule has 0 unspecified atom stereocenters. The van der Waals surface area contributed by atoms with Crippen LogP contribution in [0.4, 0.5) is 17.5 Å². The molecule has 0 saturated heterocycles. The highest BCUT2D eigenvalue weighted by Gasteiger charge is 2.36. The average molecular weight is 347 g/mol. The van der Waals surface area contributed by atoms with Gasteiger partial charge in [-0.1, -0.05) is 26.2 Å². The number of anilines is 3. The number of carbonyl (C=O) groups excluding carboxylic acids is 1. The van der Waals surface area contributed by atoms with Crippen LogP contribution in [0.25, 0.3) is 0 Å².